The zero-order valence-corrected chi connectivity index (χ0v) is 11.4. The van der Waals surface area contributed by atoms with Gasteiger partial charge in [-0.05, 0) is 28.1 Å². The second-order valence-electron chi connectivity index (χ2n) is 3.32. The number of H-pyrrole nitrogens is 1. The first-order chi connectivity index (χ1) is 8.99. The summed E-state index contributed by atoms with van der Waals surface area (Å²) < 4.78 is 5.30. The Labute approximate surface area is 119 Å². The third-order valence-electron chi connectivity index (χ3n) is 2.09. The van der Waals surface area contributed by atoms with Gasteiger partial charge in [0.2, 0.25) is 11.6 Å². The first-order valence-corrected chi connectivity index (χ1v) is 6.01. The van der Waals surface area contributed by atoms with Crippen molar-refractivity contribution in [3.63, 3.8) is 0 Å². The number of benzene rings is 1. The van der Waals surface area contributed by atoms with Crippen LogP contribution < -0.4 is 10.3 Å². The van der Waals surface area contributed by atoms with Gasteiger partial charge in [-0.1, -0.05) is 11.6 Å². The van der Waals surface area contributed by atoms with E-state index in [1.54, 1.807) is 0 Å². The Bertz CT molecular complexity index is 703. The fraction of sp³-hybridized carbons (Fsp3) is 0. The molecule has 0 atom stereocenters. The van der Waals surface area contributed by atoms with Crippen LogP contribution in [0.25, 0.3) is 0 Å². The number of aromatic nitrogens is 2. The Morgan fingerprint density at radius 1 is 1.47 bits per heavy atom. The molecule has 2 aromatic rings. The molecule has 19 heavy (non-hydrogen) atoms. The number of ether oxygens (including phenoxy) is 1. The summed E-state index contributed by atoms with van der Waals surface area (Å²) in [5.41, 5.74) is -0.775. The largest absolute Gasteiger partial charge is 0.430 e. The number of aromatic amines is 1. The predicted molar refractivity (Wildman–Crippen MR) is 70.7 cm³/mol. The van der Waals surface area contributed by atoms with E-state index in [9.17, 15) is 14.9 Å². The third kappa shape index (κ3) is 2.91. The van der Waals surface area contributed by atoms with Gasteiger partial charge in [0.05, 0.1) is 11.3 Å². The molecule has 0 saturated heterocycles. The van der Waals surface area contributed by atoms with Crippen LogP contribution in [0.1, 0.15) is 0 Å². The Kier molecular flexibility index (Phi) is 3.82. The van der Waals surface area contributed by atoms with Crippen LogP contribution in [0.15, 0.2) is 33.8 Å². The molecule has 98 valence electrons. The van der Waals surface area contributed by atoms with E-state index in [0.717, 1.165) is 12.4 Å². The lowest BCUT2D eigenvalue weighted by molar-refractivity contribution is -0.385. The summed E-state index contributed by atoms with van der Waals surface area (Å²) >= 11 is 8.67. The Hall–Kier alpha value is -1.93. The van der Waals surface area contributed by atoms with Crippen LogP contribution in [0.2, 0.25) is 5.02 Å². The van der Waals surface area contributed by atoms with Crippen LogP contribution in [0.4, 0.5) is 5.69 Å². The second-order valence-corrected chi connectivity index (χ2v) is 4.55. The molecule has 0 fully saturated rings. The zero-order valence-electron chi connectivity index (χ0n) is 9.09. The normalized spacial score (nSPS) is 10.2. The minimum atomic E-state index is -0.637. The molecule has 0 unspecified atom stereocenters. The van der Waals surface area contributed by atoms with E-state index in [1.165, 1.54) is 12.1 Å². The summed E-state index contributed by atoms with van der Waals surface area (Å²) in [5, 5.41) is 11.1. The number of nitro benzene ring substituents is 1. The SMILES string of the molecule is O=c1[nH]cnc(Oc2ccc(Cl)cc2[N+](=O)[O-])c1Br. The lowest BCUT2D eigenvalue weighted by Gasteiger charge is -2.06. The second kappa shape index (κ2) is 5.37. The van der Waals surface area contributed by atoms with Crippen LogP contribution in [-0.4, -0.2) is 14.9 Å². The smallest absolute Gasteiger partial charge is 0.313 e. The molecule has 0 bridgehead atoms. The molecule has 1 aromatic heterocycles. The summed E-state index contributed by atoms with van der Waals surface area (Å²) in [7, 11) is 0. The minimum absolute atomic E-state index is 0.0410. The number of nitrogens with zero attached hydrogens (tertiary/aromatic N) is 2. The minimum Gasteiger partial charge on any atom is -0.430 e. The molecule has 0 aliphatic heterocycles. The third-order valence-corrected chi connectivity index (χ3v) is 3.02. The molecular formula is C10H5BrClN3O4. The molecule has 7 nitrogen and oxygen atoms in total. The molecule has 1 heterocycles. The number of rotatable bonds is 3. The predicted octanol–water partition coefficient (Wildman–Crippen LogP) is 2.89. The van der Waals surface area contributed by atoms with Gasteiger partial charge in [0.25, 0.3) is 5.56 Å². The molecular weight excluding hydrogens is 341 g/mol. The standard InChI is InChI=1S/C10H5BrClN3O4/c11-8-9(16)13-4-14-10(8)19-7-2-1-5(12)3-6(7)15(17)18/h1-4H,(H,13,14,16). The fourth-order valence-electron chi connectivity index (χ4n) is 1.26. The van der Waals surface area contributed by atoms with Crippen LogP contribution in [0, 0.1) is 10.1 Å². The molecule has 0 saturated carbocycles. The van der Waals surface area contributed by atoms with Gasteiger partial charge in [-0.2, -0.15) is 0 Å². The van der Waals surface area contributed by atoms with Crippen molar-refractivity contribution in [2.75, 3.05) is 0 Å². The summed E-state index contributed by atoms with van der Waals surface area (Å²) in [6, 6.07) is 3.92. The van der Waals surface area contributed by atoms with Crippen molar-refractivity contribution in [2.24, 2.45) is 0 Å². The van der Waals surface area contributed by atoms with E-state index in [2.05, 4.69) is 25.9 Å². The van der Waals surface area contributed by atoms with Crippen molar-refractivity contribution in [3.8, 4) is 11.6 Å². The maximum Gasteiger partial charge on any atom is 0.313 e. The average molecular weight is 347 g/mol. The quantitative estimate of drug-likeness (QED) is 0.680. The van der Waals surface area contributed by atoms with Crippen molar-refractivity contribution in [1.82, 2.24) is 9.97 Å². The van der Waals surface area contributed by atoms with E-state index >= 15 is 0 Å². The van der Waals surface area contributed by atoms with E-state index in [-0.39, 0.29) is 26.8 Å². The van der Waals surface area contributed by atoms with Crippen molar-refractivity contribution in [1.29, 1.82) is 0 Å². The topological polar surface area (TPSA) is 98.1 Å². The first-order valence-electron chi connectivity index (χ1n) is 4.84. The van der Waals surface area contributed by atoms with Crippen molar-refractivity contribution in [2.45, 2.75) is 0 Å². The Balaban J connectivity index is 2.46. The summed E-state index contributed by atoms with van der Waals surface area (Å²) in [6.45, 7) is 0. The zero-order chi connectivity index (χ0) is 14.0. The van der Waals surface area contributed by atoms with Crippen molar-refractivity contribution >= 4 is 33.2 Å². The highest BCUT2D eigenvalue weighted by atomic mass is 79.9. The van der Waals surface area contributed by atoms with Crippen LogP contribution >= 0.6 is 27.5 Å². The maximum absolute atomic E-state index is 11.3. The lowest BCUT2D eigenvalue weighted by Crippen LogP contribution is -2.08. The number of nitro groups is 1. The van der Waals surface area contributed by atoms with Gasteiger partial charge in [0, 0.05) is 11.1 Å². The van der Waals surface area contributed by atoms with Crippen molar-refractivity contribution in [3.05, 3.63) is 54.5 Å². The molecule has 1 N–H and O–H groups in total. The Morgan fingerprint density at radius 2 is 2.21 bits per heavy atom. The molecule has 0 spiro atoms. The van der Waals surface area contributed by atoms with Crippen LogP contribution in [0.5, 0.6) is 11.6 Å². The maximum atomic E-state index is 11.3. The van der Waals surface area contributed by atoms with E-state index in [1.807, 2.05) is 0 Å². The number of halogens is 2. The molecule has 0 amide bonds. The highest BCUT2D eigenvalue weighted by molar-refractivity contribution is 9.10. The molecule has 0 radical (unpaired) electrons. The van der Waals surface area contributed by atoms with E-state index in [4.69, 9.17) is 16.3 Å². The summed E-state index contributed by atoms with van der Waals surface area (Å²) in [4.78, 5) is 27.7. The highest BCUT2D eigenvalue weighted by Crippen LogP contribution is 2.34. The van der Waals surface area contributed by atoms with Gasteiger partial charge in [-0.25, -0.2) is 4.98 Å². The summed E-state index contributed by atoms with van der Waals surface area (Å²) in [6.07, 6.45) is 1.13. The lowest BCUT2D eigenvalue weighted by atomic mass is 10.3. The van der Waals surface area contributed by atoms with Gasteiger partial charge in [-0.15, -0.1) is 0 Å². The van der Waals surface area contributed by atoms with Gasteiger partial charge < -0.3 is 9.72 Å². The first kappa shape index (κ1) is 13.5. The highest BCUT2D eigenvalue weighted by Gasteiger charge is 2.18. The molecule has 2 rings (SSSR count). The molecule has 9 heteroatoms. The van der Waals surface area contributed by atoms with Gasteiger partial charge >= 0.3 is 5.69 Å². The molecule has 0 aliphatic carbocycles. The van der Waals surface area contributed by atoms with Crippen LogP contribution in [-0.2, 0) is 0 Å². The molecule has 0 aliphatic rings. The van der Waals surface area contributed by atoms with E-state index < -0.39 is 10.5 Å². The number of hydrogen-bond donors (Lipinski definition) is 1. The van der Waals surface area contributed by atoms with Crippen LogP contribution in [0.3, 0.4) is 0 Å². The summed E-state index contributed by atoms with van der Waals surface area (Å²) in [5.74, 6) is -0.137. The fourth-order valence-corrected chi connectivity index (χ4v) is 1.73. The molecule has 1 aromatic carbocycles. The number of hydrogen-bond acceptors (Lipinski definition) is 5. The average Bonchev–Trinajstić information content (AvgIpc) is 2.36. The van der Waals surface area contributed by atoms with Gasteiger partial charge in [0.1, 0.15) is 4.47 Å². The Morgan fingerprint density at radius 3 is 2.89 bits per heavy atom. The van der Waals surface area contributed by atoms with Gasteiger partial charge in [-0.3, -0.25) is 14.9 Å². The van der Waals surface area contributed by atoms with Gasteiger partial charge in [0.15, 0.2) is 0 Å². The van der Waals surface area contributed by atoms with E-state index in [0.29, 0.717) is 0 Å². The van der Waals surface area contributed by atoms with Crippen molar-refractivity contribution < 1.29 is 9.66 Å². The monoisotopic (exact) mass is 345 g/mol. The number of nitrogens with one attached hydrogen (secondary N) is 1.